The number of benzene rings is 1. The van der Waals surface area contributed by atoms with Crippen LogP contribution in [0.3, 0.4) is 0 Å². The highest BCUT2D eigenvalue weighted by atomic mass is 16.6. The molecular weight excluding hydrogens is 422 g/mol. The first-order valence-electron chi connectivity index (χ1n) is 10.2. The smallest absolute Gasteiger partial charge is 0.408 e. The summed E-state index contributed by atoms with van der Waals surface area (Å²) in [5, 5.41) is 4.98. The van der Waals surface area contributed by atoms with Gasteiger partial charge in [0.15, 0.2) is 0 Å². The van der Waals surface area contributed by atoms with Crippen LogP contribution < -0.4 is 10.6 Å². The molecule has 32 heavy (non-hydrogen) atoms. The molecule has 11 heteroatoms. The summed E-state index contributed by atoms with van der Waals surface area (Å²) in [7, 11) is 0. The van der Waals surface area contributed by atoms with Gasteiger partial charge >= 0.3 is 18.0 Å². The molecule has 2 aliphatic heterocycles. The van der Waals surface area contributed by atoms with Crippen molar-refractivity contribution in [3.05, 3.63) is 35.9 Å². The van der Waals surface area contributed by atoms with E-state index >= 15 is 0 Å². The maximum Gasteiger partial charge on any atom is 0.408 e. The van der Waals surface area contributed by atoms with Crippen molar-refractivity contribution in [2.45, 2.75) is 39.0 Å². The van der Waals surface area contributed by atoms with Gasteiger partial charge in [0.2, 0.25) is 17.9 Å². The third kappa shape index (κ3) is 6.96. The average Bonchev–Trinajstić information content (AvgIpc) is 2.76. The Morgan fingerprint density at radius 3 is 2.06 bits per heavy atom. The molecule has 2 fully saturated rings. The largest absolute Gasteiger partial charge is 0.464 e. The number of alkyl carbamates (subject to hydrolysis) is 1. The number of amides is 3. The molecule has 0 aromatic heterocycles. The molecule has 1 aromatic rings. The van der Waals surface area contributed by atoms with Gasteiger partial charge < -0.3 is 29.7 Å². The van der Waals surface area contributed by atoms with Crippen LogP contribution in [0.1, 0.15) is 25.8 Å². The van der Waals surface area contributed by atoms with Crippen LogP contribution in [0, 0.1) is 0 Å². The van der Waals surface area contributed by atoms with Crippen molar-refractivity contribution < 1.29 is 38.2 Å². The molecule has 0 saturated carbocycles. The minimum absolute atomic E-state index is 0.0262. The zero-order valence-electron chi connectivity index (χ0n) is 18.0. The zero-order valence-corrected chi connectivity index (χ0v) is 18.0. The summed E-state index contributed by atoms with van der Waals surface area (Å²) < 4.78 is 14.7. The van der Waals surface area contributed by atoms with Gasteiger partial charge in [0.25, 0.3) is 0 Å². The van der Waals surface area contributed by atoms with Gasteiger partial charge in [-0.3, -0.25) is 9.59 Å². The highest BCUT2D eigenvalue weighted by Gasteiger charge is 2.49. The summed E-state index contributed by atoms with van der Waals surface area (Å²) in [4.78, 5) is 58.9. The number of β-lactam (4-membered cyclic amide) rings is 2. The van der Waals surface area contributed by atoms with Gasteiger partial charge in [-0.2, -0.15) is 0 Å². The standard InChI is InChI=1S/C18H22N2O7.C3H5NO/c1-3-25-16(22)14(17(23)26-4-2)20-10-13(15(20)21)19-18(24)27-11-12-8-6-5-7-9-12;5-3-1-2-4-3/h5-9,13-14H,3-4,10-11H2,1-2H3,(H,19,24);1-2H2,(H,4,5). The van der Waals surface area contributed by atoms with E-state index in [2.05, 4.69) is 10.6 Å². The van der Waals surface area contributed by atoms with Crippen LogP contribution in [0.2, 0.25) is 0 Å². The Labute approximate surface area is 185 Å². The Hall–Kier alpha value is -3.63. The van der Waals surface area contributed by atoms with E-state index in [0.29, 0.717) is 0 Å². The first-order valence-corrected chi connectivity index (χ1v) is 10.2. The molecule has 1 unspecified atom stereocenters. The van der Waals surface area contributed by atoms with Crippen molar-refractivity contribution >= 4 is 29.8 Å². The normalized spacial score (nSPS) is 16.5. The van der Waals surface area contributed by atoms with E-state index in [1.165, 1.54) is 0 Å². The number of nitrogens with zero attached hydrogens (tertiary/aromatic N) is 1. The molecule has 2 heterocycles. The van der Waals surface area contributed by atoms with E-state index in [-0.39, 0.29) is 32.3 Å². The van der Waals surface area contributed by atoms with Crippen molar-refractivity contribution in [3.8, 4) is 0 Å². The monoisotopic (exact) mass is 449 g/mol. The number of carbonyl (C=O) groups is 5. The van der Waals surface area contributed by atoms with Crippen molar-refractivity contribution in [1.29, 1.82) is 0 Å². The zero-order chi connectivity index (χ0) is 23.5. The van der Waals surface area contributed by atoms with Crippen LogP contribution in [0.25, 0.3) is 0 Å². The van der Waals surface area contributed by atoms with E-state index in [9.17, 15) is 24.0 Å². The molecule has 1 atom stereocenters. The van der Waals surface area contributed by atoms with E-state index in [0.717, 1.165) is 23.4 Å². The maximum atomic E-state index is 12.3. The number of hydrogen-bond donors (Lipinski definition) is 2. The van der Waals surface area contributed by atoms with E-state index < -0.39 is 36.0 Å². The van der Waals surface area contributed by atoms with Gasteiger partial charge in [0.05, 0.1) is 19.8 Å². The molecule has 0 aliphatic carbocycles. The number of hydrogen-bond acceptors (Lipinski definition) is 8. The Morgan fingerprint density at radius 1 is 1.06 bits per heavy atom. The molecule has 0 radical (unpaired) electrons. The van der Waals surface area contributed by atoms with E-state index in [4.69, 9.17) is 14.2 Å². The summed E-state index contributed by atoms with van der Waals surface area (Å²) in [6, 6.07) is 6.72. The van der Waals surface area contributed by atoms with Gasteiger partial charge in [-0.05, 0) is 19.4 Å². The molecule has 2 saturated heterocycles. The van der Waals surface area contributed by atoms with Crippen LogP contribution in [0.4, 0.5) is 4.79 Å². The molecule has 2 aliphatic rings. The van der Waals surface area contributed by atoms with Crippen LogP contribution in [0.5, 0.6) is 0 Å². The maximum absolute atomic E-state index is 12.3. The van der Waals surface area contributed by atoms with Gasteiger partial charge in [0, 0.05) is 13.0 Å². The molecule has 174 valence electrons. The summed E-state index contributed by atoms with van der Waals surface area (Å²) in [6.45, 7) is 4.22. The van der Waals surface area contributed by atoms with Crippen molar-refractivity contribution in [1.82, 2.24) is 15.5 Å². The summed E-state index contributed by atoms with van der Waals surface area (Å²) in [5.41, 5.74) is 0.805. The summed E-state index contributed by atoms with van der Waals surface area (Å²) in [6.07, 6.45) is -0.0272. The van der Waals surface area contributed by atoms with Gasteiger partial charge in [-0.15, -0.1) is 0 Å². The second-order valence-electron chi connectivity index (χ2n) is 6.76. The molecule has 11 nitrogen and oxygen atoms in total. The lowest BCUT2D eigenvalue weighted by Crippen LogP contribution is -2.69. The average molecular weight is 449 g/mol. The highest BCUT2D eigenvalue weighted by Crippen LogP contribution is 2.17. The molecular formula is C21H27N3O8. The number of esters is 2. The fourth-order valence-corrected chi connectivity index (χ4v) is 2.72. The number of rotatable bonds is 8. The Morgan fingerprint density at radius 2 is 1.62 bits per heavy atom. The Bertz CT molecular complexity index is 806. The molecule has 3 amide bonds. The SMILES string of the molecule is CCOC(=O)C(C(=O)OCC)N1CC(NC(=O)OCc2ccccc2)C1=O.O=C1CCN1. The fraction of sp³-hybridized carbons (Fsp3) is 0.476. The van der Waals surface area contributed by atoms with Gasteiger partial charge in [0.1, 0.15) is 12.6 Å². The lowest BCUT2D eigenvalue weighted by Gasteiger charge is -2.41. The number of likely N-dealkylation sites (tertiary alicyclic amines) is 1. The summed E-state index contributed by atoms with van der Waals surface area (Å²) in [5.74, 6) is -2.13. The molecule has 0 bridgehead atoms. The second kappa shape index (κ2) is 12.3. The number of nitrogens with one attached hydrogen (secondary N) is 2. The number of ether oxygens (including phenoxy) is 3. The second-order valence-corrected chi connectivity index (χ2v) is 6.76. The lowest BCUT2D eigenvalue weighted by atomic mass is 10.0. The van der Waals surface area contributed by atoms with Gasteiger partial charge in [-0.1, -0.05) is 30.3 Å². The Kier molecular flexibility index (Phi) is 9.45. The van der Waals surface area contributed by atoms with Gasteiger partial charge in [-0.25, -0.2) is 14.4 Å². The van der Waals surface area contributed by atoms with E-state index in [1.54, 1.807) is 26.0 Å². The molecule has 2 N–H and O–H groups in total. The first-order chi connectivity index (χ1) is 15.4. The first kappa shape index (κ1) is 24.6. The van der Waals surface area contributed by atoms with Crippen molar-refractivity contribution in [2.24, 2.45) is 0 Å². The number of carbonyl (C=O) groups excluding carboxylic acids is 5. The fourth-order valence-electron chi connectivity index (χ4n) is 2.72. The van der Waals surface area contributed by atoms with Crippen molar-refractivity contribution in [2.75, 3.05) is 26.3 Å². The summed E-state index contributed by atoms with van der Waals surface area (Å²) >= 11 is 0. The lowest BCUT2D eigenvalue weighted by molar-refractivity contribution is -0.173. The third-order valence-electron chi connectivity index (χ3n) is 4.47. The predicted molar refractivity (Wildman–Crippen MR) is 110 cm³/mol. The molecule has 0 spiro atoms. The quantitative estimate of drug-likeness (QED) is 0.247. The van der Waals surface area contributed by atoms with Crippen molar-refractivity contribution in [3.63, 3.8) is 0 Å². The molecule has 1 aromatic carbocycles. The minimum Gasteiger partial charge on any atom is -0.464 e. The van der Waals surface area contributed by atoms with Crippen LogP contribution >= 0.6 is 0 Å². The highest BCUT2D eigenvalue weighted by molar-refractivity contribution is 6.05. The topological polar surface area (TPSA) is 140 Å². The van der Waals surface area contributed by atoms with E-state index in [1.807, 2.05) is 18.2 Å². The van der Waals surface area contributed by atoms with Crippen LogP contribution in [-0.4, -0.2) is 73.1 Å². The van der Waals surface area contributed by atoms with Crippen LogP contribution in [-0.2, 0) is 40.0 Å². The Balaban J connectivity index is 0.000000636. The van der Waals surface area contributed by atoms with Crippen LogP contribution in [0.15, 0.2) is 30.3 Å². The minimum atomic E-state index is -1.48. The molecule has 3 rings (SSSR count). The predicted octanol–water partition coefficient (Wildman–Crippen LogP) is 0.125. The third-order valence-corrected chi connectivity index (χ3v) is 4.47.